The van der Waals surface area contributed by atoms with Crippen molar-refractivity contribution in [1.82, 2.24) is 0 Å². The molecule has 23 heavy (non-hydrogen) atoms. The van der Waals surface area contributed by atoms with Gasteiger partial charge in [-0.2, -0.15) is 0 Å². The Bertz CT molecular complexity index is 604. The van der Waals surface area contributed by atoms with E-state index in [1.165, 1.54) is 18.8 Å². The molecule has 0 aliphatic rings. The van der Waals surface area contributed by atoms with E-state index in [4.69, 9.17) is 4.74 Å². The van der Waals surface area contributed by atoms with E-state index in [0.29, 0.717) is 6.61 Å². The molecule has 0 saturated carbocycles. The number of ether oxygens (including phenoxy) is 2. The highest BCUT2D eigenvalue weighted by Crippen LogP contribution is 2.13. The van der Waals surface area contributed by atoms with Gasteiger partial charge in [0.05, 0.1) is 7.11 Å². The molecule has 0 heterocycles. The van der Waals surface area contributed by atoms with Gasteiger partial charge in [-0.25, -0.2) is 4.79 Å². The first kappa shape index (κ1) is 18.5. The van der Waals surface area contributed by atoms with Crippen molar-refractivity contribution in [3.8, 4) is 5.75 Å². The Morgan fingerprint density at radius 2 is 1.87 bits per heavy atom. The molecule has 0 bridgehead atoms. The van der Waals surface area contributed by atoms with E-state index in [0.717, 1.165) is 23.3 Å². The molecule has 1 rings (SSSR count). The Kier molecular flexibility index (Phi) is 8.22. The lowest BCUT2D eigenvalue weighted by Crippen LogP contribution is -1.95. The quantitative estimate of drug-likeness (QED) is 0.301. The molecule has 1 aromatic rings. The number of carbonyl (C=O) groups is 1. The lowest BCUT2D eigenvalue weighted by atomic mass is 10.2. The van der Waals surface area contributed by atoms with Crippen LogP contribution in [0.15, 0.2) is 66.3 Å². The minimum Gasteiger partial charge on any atom is -0.490 e. The Morgan fingerprint density at radius 1 is 1.17 bits per heavy atom. The Labute approximate surface area is 138 Å². The van der Waals surface area contributed by atoms with E-state index < -0.39 is 0 Å². The molecule has 3 heteroatoms. The highest BCUT2D eigenvalue weighted by atomic mass is 16.5. The lowest BCUT2D eigenvalue weighted by Gasteiger charge is -2.04. The molecular weight excluding hydrogens is 288 g/mol. The zero-order valence-electron chi connectivity index (χ0n) is 14.0. The lowest BCUT2D eigenvalue weighted by molar-refractivity contribution is -0.134. The van der Waals surface area contributed by atoms with Gasteiger partial charge in [0, 0.05) is 6.08 Å². The molecule has 0 saturated heterocycles. The second-order valence-corrected chi connectivity index (χ2v) is 5.24. The maximum absolute atomic E-state index is 11.0. The molecule has 1 aromatic carbocycles. The van der Waals surface area contributed by atoms with Gasteiger partial charge in [-0.3, -0.25) is 0 Å². The molecule has 0 amide bonds. The third-order valence-corrected chi connectivity index (χ3v) is 3.02. The van der Waals surface area contributed by atoms with Crippen LogP contribution in [0.25, 0.3) is 6.08 Å². The van der Waals surface area contributed by atoms with Gasteiger partial charge < -0.3 is 9.47 Å². The van der Waals surface area contributed by atoms with E-state index >= 15 is 0 Å². The molecule has 122 valence electrons. The van der Waals surface area contributed by atoms with E-state index in [1.54, 1.807) is 6.08 Å². The fraction of sp³-hybridized carbons (Fsp3) is 0.250. The number of hydrogen-bond acceptors (Lipinski definition) is 3. The molecule has 0 spiro atoms. The predicted molar refractivity (Wildman–Crippen MR) is 95.3 cm³/mol. The van der Waals surface area contributed by atoms with Gasteiger partial charge in [0.25, 0.3) is 0 Å². The van der Waals surface area contributed by atoms with Gasteiger partial charge in [-0.05, 0) is 50.1 Å². The maximum Gasteiger partial charge on any atom is 0.330 e. The fourth-order valence-electron chi connectivity index (χ4n) is 1.72. The van der Waals surface area contributed by atoms with E-state index in [9.17, 15) is 4.79 Å². The fourth-order valence-corrected chi connectivity index (χ4v) is 1.72. The normalized spacial score (nSPS) is 11.9. The van der Waals surface area contributed by atoms with Crippen molar-refractivity contribution >= 4 is 12.0 Å². The smallest absolute Gasteiger partial charge is 0.330 e. The summed E-state index contributed by atoms with van der Waals surface area (Å²) in [5, 5.41) is 0. The highest BCUT2D eigenvalue weighted by molar-refractivity contribution is 5.86. The first-order valence-electron chi connectivity index (χ1n) is 7.48. The van der Waals surface area contributed by atoms with Crippen LogP contribution in [0, 0.1) is 0 Å². The van der Waals surface area contributed by atoms with Gasteiger partial charge in [-0.1, -0.05) is 42.0 Å². The average molecular weight is 312 g/mol. The molecule has 3 nitrogen and oxygen atoms in total. The second kappa shape index (κ2) is 10.2. The van der Waals surface area contributed by atoms with Gasteiger partial charge in [0.15, 0.2) is 0 Å². The maximum atomic E-state index is 11.0. The molecule has 0 radical (unpaired) electrons. The van der Waals surface area contributed by atoms with Crippen LogP contribution >= 0.6 is 0 Å². The third kappa shape index (κ3) is 8.47. The first-order valence-corrected chi connectivity index (χ1v) is 7.48. The number of hydrogen-bond donors (Lipinski definition) is 0. The molecule has 0 unspecified atom stereocenters. The Hall–Kier alpha value is -2.55. The summed E-state index contributed by atoms with van der Waals surface area (Å²) >= 11 is 0. The van der Waals surface area contributed by atoms with Gasteiger partial charge in [0.2, 0.25) is 0 Å². The van der Waals surface area contributed by atoms with Crippen molar-refractivity contribution in [3.63, 3.8) is 0 Å². The minimum atomic E-state index is -0.369. The minimum absolute atomic E-state index is 0.369. The van der Waals surface area contributed by atoms with Gasteiger partial charge >= 0.3 is 5.97 Å². The van der Waals surface area contributed by atoms with Crippen molar-refractivity contribution in [3.05, 3.63) is 71.9 Å². The summed E-state index contributed by atoms with van der Waals surface area (Å²) in [6, 6.07) is 7.53. The molecule has 0 aromatic heterocycles. The van der Waals surface area contributed by atoms with Crippen LogP contribution in [-0.2, 0) is 9.53 Å². The molecule has 0 atom stereocenters. The number of benzene rings is 1. The zero-order valence-corrected chi connectivity index (χ0v) is 14.0. The average Bonchev–Trinajstić information content (AvgIpc) is 2.53. The molecule has 0 aliphatic heterocycles. The molecule has 0 aliphatic carbocycles. The number of esters is 1. The SMILES string of the molecule is C=C(C)C=CCC(C)=CCOc1ccc(C=CC(=O)OC)cc1. The van der Waals surface area contributed by atoms with Crippen molar-refractivity contribution < 1.29 is 14.3 Å². The van der Waals surface area contributed by atoms with Crippen molar-refractivity contribution in [2.24, 2.45) is 0 Å². The molecule has 0 fully saturated rings. The largest absolute Gasteiger partial charge is 0.490 e. The summed E-state index contributed by atoms with van der Waals surface area (Å²) in [5.41, 5.74) is 3.22. The second-order valence-electron chi connectivity index (χ2n) is 5.24. The summed E-state index contributed by atoms with van der Waals surface area (Å²) in [7, 11) is 1.35. The van der Waals surface area contributed by atoms with E-state index in [2.05, 4.69) is 30.4 Å². The van der Waals surface area contributed by atoms with Crippen LogP contribution in [0.1, 0.15) is 25.8 Å². The van der Waals surface area contributed by atoms with Gasteiger partial charge in [-0.15, -0.1) is 0 Å². The van der Waals surface area contributed by atoms with Crippen molar-refractivity contribution in [1.29, 1.82) is 0 Å². The summed E-state index contributed by atoms with van der Waals surface area (Å²) in [6.45, 7) is 8.41. The summed E-state index contributed by atoms with van der Waals surface area (Å²) in [6.07, 6.45) is 10.2. The van der Waals surface area contributed by atoms with Crippen LogP contribution in [0.5, 0.6) is 5.75 Å². The number of allylic oxidation sites excluding steroid dienone is 4. The number of rotatable bonds is 8. The Balaban J connectivity index is 2.45. The van der Waals surface area contributed by atoms with Crippen molar-refractivity contribution in [2.75, 3.05) is 13.7 Å². The van der Waals surface area contributed by atoms with E-state index in [1.807, 2.05) is 37.3 Å². The summed E-state index contributed by atoms with van der Waals surface area (Å²) in [4.78, 5) is 11.0. The number of carbonyl (C=O) groups excluding carboxylic acids is 1. The zero-order chi connectivity index (χ0) is 17.1. The molecular formula is C20H24O3. The first-order chi connectivity index (χ1) is 11.0. The van der Waals surface area contributed by atoms with Crippen LogP contribution < -0.4 is 4.74 Å². The summed E-state index contributed by atoms with van der Waals surface area (Å²) in [5.74, 6) is 0.424. The standard InChI is InChI=1S/C20H24O3/c1-16(2)6-5-7-17(3)14-15-23-19-11-8-18(9-12-19)10-13-20(21)22-4/h5-6,8-14H,1,7,15H2,2-4H3. The van der Waals surface area contributed by atoms with Crippen LogP contribution in [0.3, 0.4) is 0 Å². The predicted octanol–water partition coefficient (Wildman–Crippen LogP) is 4.72. The van der Waals surface area contributed by atoms with Crippen LogP contribution in [0.4, 0.5) is 0 Å². The van der Waals surface area contributed by atoms with E-state index in [-0.39, 0.29) is 5.97 Å². The monoisotopic (exact) mass is 312 g/mol. The van der Waals surface area contributed by atoms with Crippen molar-refractivity contribution in [2.45, 2.75) is 20.3 Å². The molecule has 0 N–H and O–H groups in total. The number of methoxy groups -OCH3 is 1. The third-order valence-electron chi connectivity index (χ3n) is 3.02. The van der Waals surface area contributed by atoms with Gasteiger partial charge in [0.1, 0.15) is 12.4 Å². The topological polar surface area (TPSA) is 35.5 Å². The Morgan fingerprint density at radius 3 is 2.48 bits per heavy atom. The van der Waals surface area contributed by atoms with Crippen LogP contribution in [-0.4, -0.2) is 19.7 Å². The van der Waals surface area contributed by atoms with Crippen LogP contribution in [0.2, 0.25) is 0 Å². The highest BCUT2D eigenvalue weighted by Gasteiger charge is 1.95. The summed E-state index contributed by atoms with van der Waals surface area (Å²) < 4.78 is 10.2.